The summed E-state index contributed by atoms with van der Waals surface area (Å²) in [5, 5.41) is 3.04. The lowest BCUT2D eigenvalue weighted by Crippen LogP contribution is -2.16. The molecular formula is C10H15NOS. The zero-order valence-corrected chi connectivity index (χ0v) is 8.86. The molecule has 0 radical (unpaired) electrons. The normalized spacial score (nSPS) is 10.0. The fraction of sp³-hybridized carbons (Fsp3) is 0.400. The molecule has 0 atom stereocenters. The van der Waals surface area contributed by atoms with Gasteiger partial charge in [0.05, 0.1) is 0 Å². The van der Waals surface area contributed by atoms with E-state index in [2.05, 4.69) is 17.6 Å². The van der Waals surface area contributed by atoms with Gasteiger partial charge < -0.3 is 10.1 Å². The van der Waals surface area contributed by atoms with Gasteiger partial charge in [0.15, 0.2) is 0 Å². The first kappa shape index (κ1) is 10.4. The lowest BCUT2D eigenvalue weighted by Gasteiger charge is -2.08. The van der Waals surface area contributed by atoms with Gasteiger partial charge in [-0.15, -0.1) is 11.8 Å². The van der Waals surface area contributed by atoms with Crippen LogP contribution in [0.5, 0.6) is 5.75 Å². The maximum absolute atomic E-state index is 5.59. The van der Waals surface area contributed by atoms with E-state index in [4.69, 9.17) is 4.74 Å². The Morgan fingerprint density at radius 3 is 2.85 bits per heavy atom. The van der Waals surface area contributed by atoms with E-state index in [9.17, 15) is 0 Å². The first-order chi connectivity index (χ1) is 6.38. The van der Waals surface area contributed by atoms with Gasteiger partial charge >= 0.3 is 0 Å². The third-order valence-corrected chi connectivity index (χ3v) is 2.46. The van der Waals surface area contributed by atoms with Crippen molar-refractivity contribution < 1.29 is 4.74 Å². The molecule has 0 spiro atoms. The summed E-state index contributed by atoms with van der Waals surface area (Å²) in [5.74, 6) is 0.977. The molecule has 0 heterocycles. The lowest BCUT2D eigenvalue weighted by atomic mass is 10.3. The van der Waals surface area contributed by atoms with Gasteiger partial charge in [-0.2, -0.15) is 0 Å². The average Bonchev–Trinajstić information content (AvgIpc) is 2.19. The molecule has 0 fully saturated rings. The summed E-state index contributed by atoms with van der Waals surface area (Å²) in [6, 6.07) is 8.09. The van der Waals surface area contributed by atoms with E-state index in [0.29, 0.717) is 6.61 Å². The van der Waals surface area contributed by atoms with Crippen molar-refractivity contribution in [3.8, 4) is 5.75 Å². The van der Waals surface area contributed by atoms with Crippen molar-refractivity contribution >= 4 is 11.8 Å². The largest absolute Gasteiger partial charge is 0.491 e. The molecule has 1 rings (SSSR count). The van der Waals surface area contributed by atoms with Crippen molar-refractivity contribution in [2.45, 2.75) is 4.90 Å². The fourth-order valence-electron chi connectivity index (χ4n) is 1.00. The summed E-state index contributed by atoms with van der Waals surface area (Å²) in [4.78, 5) is 1.19. The molecule has 0 saturated heterocycles. The van der Waals surface area contributed by atoms with Crippen molar-refractivity contribution in [3.63, 3.8) is 0 Å². The van der Waals surface area contributed by atoms with Gasteiger partial charge in [0.2, 0.25) is 0 Å². The number of nitrogens with one attached hydrogen (secondary N) is 1. The molecule has 2 nitrogen and oxygen atoms in total. The summed E-state index contributed by atoms with van der Waals surface area (Å²) in [6.45, 7) is 1.59. The SMILES string of the molecule is CNCCOc1ccccc1SC. The van der Waals surface area contributed by atoms with Crippen LogP contribution in [0.1, 0.15) is 0 Å². The Balaban J connectivity index is 2.54. The minimum Gasteiger partial charge on any atom is -0.491 e. The Kier molecular flexibility index (Phi) is 4.72. The Morgan fingerprint density at radius 2 is 2.15 bits per heavy atom. The zero-order valence-electron chi connectivity index (χ0n) is 8.04. The molecule has 1 aromatic carbocycles. The van der Waals surface area contributed by atoms with Crippen LogP contribution in [0.3, 0.4) is 0 Å². The molecule has 0 aliphatic rings. The van der Waals surface area contributed by atoms with Gasteiger partial charge in [-0.3, -0.25) is 0 Å². The van der Waals surface area contributed by atoms with E-state index < -0.39 is 0 Å². The Hall–Kier alpha value is -0.670. The Labute approximate surface area is 83.7 Å². The summed E-state index contributed by atoms with van der Waals surface area (Å²) in [5.41, 5.74) is 0. The van der Waals surface area contributed by atoms with E-state index in [0.717, 1.165) is 12.3 Å². The molecule has 3 heteroatoms. The summed E-state index contributed by atoms with van der Waals surface area (Å²) < 4.78 is 5.59. The third kappa shape index (κ3) is 3.28. The summed E-state index contributed by atoms with van der Waals surface area (Å²) in [7, 11) is 1.92. The molecule has 1 N–H and O–H groups in total. The number of rotatable bonds is 5. The number of benzene rings is 1. The molecule has 0 aliphatic heterocycles. The lowest BCUT2D eigenvalue weighted by molar-refractivity contribution is 0.311. The molecule has 0 unspecified atom stereocenters. The predicted molar refractivity (Wildman–Crippen MR) is 57.6 cm³/mol. The molecule has 0 bridgehead atoms. The minimum absolute atomic E-state index is 0.716. The standard InChI is InChI=1S/C10H15NOS/c1-11-7-8-12-9-5-3-4-6-10(9)13-2/h3-6,11H,7-8H2,1-2H3. The van der Waals surface area contributed by atoms with E-state index in [1.54, 1.807) is 11.8 Å². The highest BCUT2D eigenvalue weighted by molar-refractivity contribution is 7.98. The molecule has 13 heavy (non-hydrogen) atoms. The van der Waals surface area contributed by atoms with E-state index in [1.807, 2.05) is 25.2 Å². The topological polar surface area (TPSA) is 21.3 Å². The number of likely N-dealkylation sites (N-methyl/N-ethyl adjacent to an activating group) is 1. The highest BCUT2D eigenvalue weighted by Crippen LogP contribution is 2.26. The number of hydrogen-bond acceptors (Lipinski definition) is 3. The molecule has 0 aliphatic carbocycles. The van der Waals surface area contributed by atoms with Crippen molar-refractivity contribution in [2.75, 3.05) is 26.5 Å². The van der Waals surface area contributed by atoms with Crippen LogP contribution in [0.25, 0.3) is 0 Å². The van der Waals surface area contributed by atoms with Crippen LogP contribution in [0.15, 0.2) is 29.2 Å². The van der Waals surface area contributed by atoms with Crippen LogP contribution < -0.4 is 10.1 Å². The Bertz CT molecular complexity index is 252. The maximum atomic E-state index is 5.59. The highest BCUT2D eigenvalue weighted by Gasteiger charge is 1.99. The van der Waals surface area contributed by atoms with Gasteiger partial charge in [0.1, 0.15) is 12.4 Å². The average molecular weight is 197 g/mol. The maximum Gasteiger partial charge on any atom is 0.132 e. The molecular weight excluding hydrogens is 182 g/mol. The molecule has 72 valence electrons. The van der Waals surface area contributed by atoms with Crippen molar-refractivity contribution in [3.05, 3.63) is 24.3 Å². The molecule has 0 amide bonds. The zero-order chi connectivity index (χ0) is 9.52. The highest BCUT2D eigenvalue weighted by atomic mass is 32.2. The van der Waals surface area contributed by atoms with Gasteiger partial charge in [-0.25, -0.2) is 0 Å². The molecule has 0 saturated carbocycles. The first-order valence-corrected chi connectivity index (χ1v) is 5.51. The van der Waals surface area contributed by atoms with Crippen LogP contribution in [0.2, 0.25) is 0 Å². The predicted octanol–water partition coefficient (Wildman–Crippen LogP) is 2.01. The van der Waals surface area contributed by atoms with E-state index >= 15 is 0 Å². The minimum atomic E-state index is 0.716. The van der Waals surface area contributed by atoms with Crippen molar-refractivity contribution in [1.82, 2.24) is 5.32 Å². The number of ether oxygens (including phenoxy) is 1. The number of para-hydroxylation sites is 1. The number of hydrogen-bond donors (Lipinski definition) is 1. The summed E-state index contributed by atoms with van der Waals surface area (Å²) in [6.07, 6.45) is 2.06. The van der Waals surface area contributed by atoms with Crippen molar-refractivity contribution in [2.24, 2.45) is 0 Å². The Morgan fingerprint density at radius 1 is 1.38 bits per heavy atom. The van der Waals surface area contributed by atoms with Crippen molar-refractivity contribution in [1.29, 1.82) is 0 Å². The third-order valence-electron chi connectivity index (χ3n) is 1.68. The second-order valence-electron chi connectivity index (χ2n) is 2.60. The van der Waals surface area contributed by atoms with Gasteiger partial charge in [-0.1, -0.05) is 12.1 Å². The van der Waals surface area contributed by atoms with Gasteiger partial charge in [0, 0.05) is 11.4 Å². The van der Waals surface area contributed by atoms with Gasteiger partial charge in [0.25, 0.3) is 0 Å². The van der Waals surface area contributed by atoms with Crippen LogP contribution in [0, 0.1) is 0 Å². The number of thioether (sulfide) groups is 1. The van der Waals surface area contributed by atoms with E-state index in [-0.39, 0.29) is 0 Å². The van der Waals surface area contributed by atoms with Crippen LogP contribution >= 0.6 is 11.8 Å². The molecule has 0 aromatic heterocycles. The quantitative estimate of drug-likeness (QED) is 0.576. The monoisotopic (exact) mass is 197 g/mol. The van der Waals surface area contributed by atoms with E-state index in [1.165, 1.54) is 4.90 Å². The molecule has 1 aromatic rings. The second kappa shape index (κ2) is 5.89. The van der Waals surface area contributed by atoms with Crippen LogP contribution in [-0.4, -0.2) is 26.5 Å². The van der Waals surface area contributed by atoms with Crippen LogP contribution in [0.4, 0.5) is 0 Å². The fourth-order valence-corrected chi connectivity index (χ4v) is 1.54. The summed E-state index contributed by atoms with van der Waals surface area (Å²) >= 11 is 1.71. The smallest absolute Gasteiger partial charge is 0.132 e. The first-order valence-electron chi connectivity index (χ1n) is 4.29. The van der Waals surface area contributed by atoms with Gasteiger partial charge in [-0.05, 0) is 25.4 Å². The second-order valence-corrected chi connectivity index (χ2v) is 3.45. The van der Waals surface area contributed by atoms with Crippen LogP contribution in [-0.2, 0) is 0 Å².